The molecule has 1 aromatic rings. The Morgan fingerprint density at radius 3 is 3.14 bits per heavy atom. The molecule has 0 amide bonds. The standard InChI is InChI=1S/C17H23NO3/c1-14-4-3-9-18(13-14)10-11-21-16-6-2-5-15(12-16)7-8-17(19)20/h2,5-8,12,14H,3-4,9-11,13H2,1H3,(H,19,20). The number of benzene rings is 1. The minimum atomic E-state index is -0.944. The van der Waals surface area contributed by atoms with E-state index in [0.29, 0.717) is 6.61 Å². The molecule has 1 fully saturated rings. The number of hydrogen-bond acceptors (Lipinski definition) is 3. The number of carbonyl (C=O) groups is 1. The van der Waals surface area contributed by atoms with Crippen LogP contribution < -0.4 is 4.74 Å². The quantitative estimate of drug-likeness (QED) is 0.818. The first kappa shape index (κ1) is 15.6. The van der Waals surface area contributed by atoms with Gasteiger partial charge in [-0.25, -0.2) is 4.79 Å². The van der Waals surface area contributed by atoms with Gasteiger partial charge in [0.15, 0.2) is 0 Å². The number of piperidine rings is 1. The summed E-state index contributed by atoms with van der Waals surface area (Å²) in [6, 6.07) is 7.49. The Morgan fingerprint density at radius 1 is 1.52 bits per heavy atom. The second-order valence-corrected chi connectivity index (χ2v) is 5.64. The van der Waals surface area contributed by atoms with Gasteiger partial charge in [0.1, 0.15) is 12.4 Å². The van der Waals surface area contributed by atoms with E-state index in [1.807, 2.05) is 24.3 Å². The second-order valence-electron chi connectivity index (χ2n) is 5.64. The molecular weight excluding hydrogens is 266 g/mol. The monoisotopic (exact) mass is 289 g/mol. The number of aliphatic carboxylic acids is 1. The summed E-state index contributed by atoms with van der Waals surface area (Å²) in [4.78, 5) is 13.0. The molecular formula is C17H23NO3. The SMILES string of the molecule is CC1CCCN(CCOc2cccc(C=CC(=O)O)c2)C1. The number of hydrogen-bond donors (Lipinski definition) is 1. The Hall–Kier alpha value is -1.81. The van der Waals surface area contributed by atoms with Crippen molar-refractivity contribution in [1.82, 2.24) is 4.90 Å². The Labute approximate surface area is 126 Å². The van der Waals surface area contributed by atoms with E-state index in [9.17, 15) is 4.79 Å². The summed E-state index contributed by atoms with van der Waals surface area (Å²) < 4.78 is 5.77. The van der Waals surface area contributed by atoms with Crippen molar-refractivity contribution in [1.29, 1.82) is 0 Å². The lowest BCUT2D eigenvalue weighted by Crippen LogP contribution is -2.37. The van der Waals surface area contributed by atoms with Crippen molar-refractivity contribution in [3.05, 3.63) is 35.9 Å². The van der Waals surface area contributed by atoms with E-state index in [4.69, 9.17) is 9.84 Å². The van der Waals surface area contributed by atoms with Crippen LogP contribution in [0.1, 0.15) is 25.3 Å². The summed E-state index contributed by atoms with van der Waals surface area (Å²) >= 11 is 0. The third kappa shape index (κ3) is 5.60. The molecule has 0 bridgehead atoms. The maximum Gasteiger partial charge on any atom is 0.328 e. The van der Waals surface area contributed by atoms with Crippen LogP contribution in [0, 0.1) is 5.92 Å². The Bertz CT molecular complexity index is 499. The highest BCUT2D eigenvalue weighted by atomic mass is 16.5. The zero-order valence-corrected chi connectivity index (χ0v) is 12.5. The lowest BCUT2D eigenvalue weighted by molar-refractivity contribution is -0.131. The Morgan fingerprint density at radius 2 is 2.38 bits per heavy atom. The second kappa shape index (κ2) is 7.84. The summed E-state index contributed by atoms with van der Waals surface area (Å²) in [5, 5.41) is 8.63. The highest BCUT2D eigenvalue weighted by Crippen LogP contribution is 2.16. The molecule has 1 aliphatic rings. The third-order valence-electron chi connectivity index (χ3n) is 3.69. The van der Waals surface area contributed by atoms with E-state index in [1.54, 1.807) is 6.08 Å². The fourth-order valence-electron chi connectivity index (χ4n) is 2.66. The molecule has 0 aromatic heterocycles. The molecule has 0 spiro atoms. The Kier molecular flexibility index (Phi) is 5.81. The first-order valence-electron chi connectivity index (χ1n) is 7.50. The van der Waals surface area contributed by atoms with Gasteiger partial charge in [0.25, 0.3) is 0 Å². The smallest absolute Gasteiger partial charge is 0.328 e. The van der Waals surface area contributed by atoms with Crippen LogP contribution in [-0.4, -0.2) is 42.2 Å². The number of carboxylic acid groups (broad SMARTS) is 1. The van der Waals surface area contributed by atoms with Crippen LogP contribution in [0.4, 0.5) is 0 Å². The predicted octanol–water partition coefficient (Wildman–Crippen LogP) is 2.90. The molecule has 1 aliphatic heterocycles. The minimum Gasteiger partial charge on any atom is -0.492 e. The van der Waals surface area contributed by atoms with Crippen LogP contribution >= 0.6 is 0 Å². The van der Waals surface area contributed by atoms with E-state index < -0.39 is 5.97 Å². The topological polar surface area (TPSA) is 49.8 Å². The fourth-order valence-corrected chi connectivity index (χ4v) is 2.66. The van der Waals surface area contributed by atoms with E-state index in [2.05, 4.69) is 11.8 Å². The van der Waals surface area contributed by atoms with Crippen LogP contribution in [-0.2, 0) is 4.79 Å². The van der Waals surface area contributed by atoms with Crippen molar-refractivity contribution in [3.8, 4) is 5.75 Å². The summed E-state index contributed by atoms with van der Waals surface area (Å²) in [5.74, 6) is 0.622. The largest absolute Gasteiger partial charge is 0.492 e. The third-order valence-corrected chi connectivity index (χ3v) is 3.69. The summed E-state index contributed by atoms with van der Waals surface area (Å²) in [7, 11) is 0. The van der Waals surface area contributed by atoms with E-state index in [1.165, 1.54) is 12.8 Å². The van der Waals surface area contributed by atoms with Crippen molar-refractivity contribution in [2.24, 2.45) is 5.92 Å². The molecule has 0 saturated carbocycles. The van der Waals surface area contributed by atoms with Crippen molar-refractivity contribution in [3.63, 3.8) is 0 Å². The molecule has 1 saturated heterocycles. The molecule has 1 aromatic carbocycles. The van der Waals surface area contributed by atoms with Crippen molar-refractivity contribution in [2.45, 2.75) is 19.8 Å². The molecule has 1 unspecified atom stereocenters. The maximum absolute atomic E-state index is 10.5. The highest BCUT2D eigenvalue weighted by molar-refractivity contribution is 5.85. The molecule has 21 heavy (non-hydrogen) atoms. The average Bonchev–Trinajstić information content (AvgIpc) is 2.46. The van der Waals surface area contributed by atoms with Gasteiger partial charge in [-0.1, -0.05) is 19.1 Å². The lowest BCUT2D eigenvalue weighted by Gasteiger charge is -2.30. The number of likely N-dealkylation sites (tertiary alicyclic amines) is 1. The summed E-state index contributed by atoms with van der Waals surface area (Å²) in [6.45, 7) is 6.23. The predicted molar refractivity (Wildman–Crippen MR) is 83.4 cm³/mol. The molecule has 2 rings (SSSR count). The molecule has 1 N–H and O–H groups in total. The molecule has 0 aliphatic carbocycles. The van der Waals surface area contributed by atoms with Gasteiger partial charge >= 0.3 is 5.97 Å². The normalized spacial score (nSPS) is 19.8. The summed E-state index contributed by atoms with van der Waals surface area (Å²) in [5.41, 5.74) is 0.835. The number of carboxylic acids is 1. The van der Waals surface area contributed by atoms with E-state index >= 15 is 0 Å². The molecule has 1 atom stereocenters. The van der Waals surface area contributed by atoms with E-state index in [-0.39, 0.29) is 0 Å². The average molecular weight is 289 g/mol. The van der Waals surface area contributed by atoms with Crippen LogP contribution in [0.3, 0.4) is 0 Å². The summed E-state index contributed by atoms with van der Waals surface area (Å²) in [6.07, 6.45) is 5.31. The van der Waals surface area contributed by atoms with Gasteiger partial charge in [-0.15, -0.1) is 0 Å². The number of nitrogens with zero attached hydrogens (tertiary/aromatic N) is 1. The van der Waals surface area contributed by atoms with Crippen LogP contribution in [0.2, 0.25) is 0 Å². The Balaban J connectivity index is 1.80. The van der Waals surface area contributed by atoms with Gasteiger partial charge in [-0.3, -0.25) is 4.90 Å². The van der Waals surface area contributed by atoms with Crippen LogP contribution in [0.15, 0.2) is 30.3 Å². The van der Waals surface area contributed by atoms with Gasteiger partial charge in [-0.05, 0) is 49.1 Å². The molecule has 1 heterocycles. The first-order valence-corrected chi connectivity index (χ1v) is 7.50. The maximum atomic E-state index is 10.5. The minimum absolute atomic E-state index is 0.665. The molecule has 4 heteroatoms. The zero-order valence-electron chi connectivity index (χ0n) is 12.5. The molecule has 114 valence electrons. The van der Waals surface area contributed by atoms with Gasteiger partial charge in [0, 0.05) is 19.2 Å². The molecule has 4 nitrogen and oxygen atoms in total. The fraction of sp³-hybridized carbons (Fsp3) is 0.471. The van der Waals surface area contributed by atoms with Gasteiger partial charge in [0.05, 0.1) is 0 Å². The van der Waals surface area contributed by atoms with Crippen molar-refractivity contribution in [2.75, 3.05) is 26.2 Å². The highest BCUT2D eigenvalue weighted by Gasteiger charge is 2.15. The van der Waals surface area contributed by atoms with Crippen LogP contribution in [0.25, 0.3) is 6.08 Å². The van der Waals surface area contributed by atoms with Gasteiger partial charge < -0.3 is 9.84 Å². The lowest BCUT2D eigenvalue weighted by atomic mass is 10.0. The van der Waals surface area contributed by atoms with Crippen molar-refractivity contribution < 1.29 is 14.6 Å². The van der Waals surface area contributed by atoms with Gasteiger partial charge in [0.2, 0.25) is 0 Å². The van der Waals surface area contributed by atoms with Crippen molar-refractivity contribution >= 4 is 12.0 Å². The zero-order chi connectivity index (χ0) is 15.1. The van der Waals surface area contributed by atoms with Crippen LogP contribution in [0.5, 0.6) is 5.75 Å². The molecule has 0 radical (unpaired) electrons. The number of ether oxygens (including phenoxy) is 1. The number of rotatable bonds is 6. The first-order chi connectivity index (χ1) is 10.1. The van der Waals surface area contributed by atoms with E-state index in [0.717, 1.165) is 42.9 Å². The van der Waals surface area contributed by atoms with Gasteiger partial charge in [-0.2, -0.15) is 0 Å².